The van der Waals surface area contributed by atoms with Gasteiger partial charge in [-0.3, -0.25) is 4.79 Å². The van der Waals surface area contributed by atoms with Crippen LogP contribution in [0.4, 0.5) is 4.39 Å². The number of rotatable bonds is 6. The van der Waals surface area contributed by atoms with Crippen LogP contribution >= 0.6 is 0 Å². The Kier molecular flexibility index (Phi) is 5.89. The summed E-state index contributed by atoms with van der Waals surface area (Å²) < 4.78 is 13.5. The van der Waals surface area contributed by atoms with Crippen molar-refractivity contribution in [2.24, 2.45) is 11.1 Å². The van der Waals surface area contributed by atoms with E-state index in [-0.39, 0.29) is 23.7 Å². The minimum absolute atomic E-state index is 0.0206. The summed E-state index contributed by atoms with van der Waals surface area (Å²) in [5.74, 6) is -0.421. The Labute approximate surface area is 159 Å². The second kappa shape index (κ2) is 8.33. The quantitative estimate of drug-likeness (QED) is 0.762. The van der Waals surface area contributed by atoms with Gasteiger partial charge in [0.05, 0.1) is 12.3 Å². The molecule has 1 heterocycles. The number of nitrogens with zero attached hydrogens (tertiary/aromatic N) is 2. The third-order valence-corrected chi connectivity index (χ3v) is 4.68. The lowest BCUT2D eigenvalue weighted by molar-refractivity contribution is -0.137. The molecule has 0 saturated carbocycles. The highest BCUT2D eigenvalue weighted by atomic mass is 19.1. The summed E-state index contributed by atoms with van der Waals surface area (Å²) >= 11 is 0. The fourth-order valence-electron chi connectivity index (χ4n) is 3.28. The summed E-state index contributed by atoms with van der Waals surface area (Å²) in [7, 11) is 0. The van der Waals surface area contributed by atoms with Gasteiger partial charge in [-0.1, -0.05) is 55.4 Å². The van der Waals surface area contributed by atoms with E-state index in [4.69, 9.17) is 4.84 Å². The molecular weight excluding hydrogens is 343 g/mol. The number of oxime groups is 1. The highest BCUT2D eigenvalue weighted by Gasteiger charge is 2.28. The molecule has 0 saturated heterocycles. The number of hydrogen-bond acceptors (Lipinski definition) is 3. The van der Waals surface area contributed by atoms with E-state index in [0.29, 0.717) is 19.5 Å². The van der Waals surface area contributed by atoms with Crippen molar-refractivity contribution in [3.63, 3.8) is 0 Å². The van der Waals surface area contributed by atoms with Crippen molar-refractivity contribution in [1.29, 1.82) is 0 Å². The van der Waals surface area contributed by atoms with Crippen LogP contribution in [0.25, 0.3) is 0 Å². The fourth-order valence-corrected chi connectivity index (χ4v) is 3.28. The van der Waals surface area contributed by atoms with Crippen molar-refractivity contribution in [3.8, 4) is 0 Å². The molecule has 4 nitrogen and oxygen atoms in total. The summed E-state index contributed by atoms with van der Waals surface area (Å²) in [6, 6.07) is 14.4. The lowest BCUT2D eigenvalue weighted by Gasteiger charge is -2.26. The first kappa shape index (κ1) is 19.1. The Balaban J connectivity index is 1.70. The number of benzene rings is 2. The van der Waals surface area contributed by atoms with Crippen LogP contribution < -0.4 is 0 Å². The zero-order valence-corrected chi connectivity index (χ0v) is 16.0. The SMILES string of the molecule is Cc1ccccc1C1=NOC(CN(Cc2cccc(F)c2)C(=O)C(C)C)C1. The number of halogens is 1. The third kappa shape index (κ3) is 4.73. The molecule has 0 aliphatic carbocycles. The van der Waals surface area contributed by atoms with Gasteiger partial charge in [-0.25, -0.2) is 4.39 Å². The van der Waals surface area contributed by atoms with E-state index in [1.54, 1.807) is 11.0 Å². The lowest BCUT2D eigenvalue weighted by Crippen LogP contribution is -2.39. The lowest BCUT2D eigenvalue weighted by atomic mass is 10.00. The largest absolute Gasteiger partial charge is 0.390 e. The number of carbonyl (C=O) groups excluding carboxylic acids is 1. The minimum Gasteiger partial charge on any atom is -0.390 e. The van der Waals surface area contributed by atoms with Gasteiger partial charge >= 0.3 is 0 Å². The Morgan fingerprint density at radius 2 is 2.04 bits per heavy atom. The first-order valence-corrected chi connectivity index (χ1v) is 9.26. The van der Waals surface area contributed by atoms with Gasteiger partial charge in [-0.15, -0.1) is 0 Å². The van der Waals surface area contributed by atoms with Gasteiger partial charge in [-0.05, 0) is 30.2 Å². The van der Waals surface area contributed by atoms with Gasteiger partial charge in [0, 0.05) is 24.4 Å². The van der Waals surface area contributed by atoms with Gasteiger partial charge in [0.2, 0.25) is 5.91 Å². The second-order valence-electron chi connectivity index (χ2n) is 7.29. The summed E-state index contributed by atoms with van der Waals surface area (Å²) in [6.45, 7) is 6.56. The van der Waals surface area contributed by atoms with Gasteiger partial charge in [-0.2, -0.15) is 0 Å². The molecule has 0 bridgehead atoms. The number of aryl methyl sites for hydroxylation is 1. The molecule has 0 aromatic heterocycles. The van der Waals surface area contributed by atoms with Crippen molar-refractivity contribution in [3.05, 3.63) is 71.0 Å². The molecule has 1 aliphatic rings. The fraction of sp³-hybridized carbons (Fsp3) is 0.364. The van der Waals surface area contributed by atoms with E-state index in [9.17, 15) is 9.18 Å². The Morgan fingerprint density at radius 3 is 2.74 bits per heavy atom. The minimum atomic E-state index is -0.299. The Morgan fingerprint density at radius 1 is 1.26 bits per heavy atom. The molecular formula is C22H25FN2O2. The predicted molar refractivity (Wildman–Crippen MR) is 104 cm³/mol. The number of hydrogen-bond donors (Lipinski definition) is 0. The topological polar surface area (TPSA) is 41.9 Å². The van der Waals surface area contributed by atoms with Crippen LogP contribution in [0.3, 0.4) is 0 Å². The molecule has 3 rings (SSSR count). The van der Waals surface area contributed by atoms with E-state index in [1.807, 2.05) is 51.1 Å². The maximum atomic E-state index is 13.5. The number of carbonyl (C=O) groups is 1. The maximum Gasteiger partial charge on any atom is 0.225 e. The maximum absolute atomic E-state index is 13.5. The normalized spacial score (nSPS) is 16.2. The van der Waals surface area contributed by atoms with Crippen molar-refractivity contribution in [2.45, 2.75) is 39.8 Å². The van der Waals surface area contributed by atoms with Gasteiger partial charge in [0.25, 0.3) is 0 Å². The molecule has 0 radical (unpaired) electrons. The zero-order chi connectivity index (χ0) is 19.4. The molecule has 0 fully saturated rings. The van der Waals surface area contributed by atoms with Crippen LogP contribution in [-0.4, -0.2) is 29.2 Å². The zero-order valence-electron chi connectivity index (χ0n) is 16.0. The van der Waals surface area contributed by atoms with Crippen LogP contribution in [0, 0.1) is 18.7 Å². The molecule has 1 aliphatic heterocycles. The summed E-state index contributed by atoms with van der Waals surface area (Å²) in [4.78, 5) is 20.0. The van der Waals surface area contributed by atoms with Crippen LogP contribution in [0.15, 0.2) is 53.7 Å². The standard InChI is InChI=1S/C22H25FN2O2/c1-15(2)22(26)25(13-17-8-6-9-18(23)11-17)14-19-12-21(24-27-19)20-10-5-4-7-16(20)3/h4-11,15,19H,12-14H2,1-3H3. The monoisotopic (exact) mass is 368 g/mol. The third-order valence-electron chi connectivity index (χ3n) is 4.68. The summed E-state index contributed by atoms with van der Waals surface area (Å²) in [5.41, 5.74) is 3.89. The second-order valence-corrected chi connectivity index (χ2v) is 7.29. The molecule has 27 heavy (non-hydrogen) atoms. The summed E-state index contributed by atoms with van der Waals surface area (Å²) in [6.07, 6.45) is 0.450. The van der Waals surface area contributed by atoms with E-state index >= 15 is 0 Å². The molecule has 2 aromatic rings. The molecule has 1 atom stereocenters. The van der Waals surface area contributed by atoms with E-state index in [0.717, 1.165) is 22.4 Å². The summed E-state index contributed by atoms with van der Waals surface area (Å²) in [5, 5.41) is 4.25. The van der Waals surface area contributed by atoms with Crippen LogP contribution in [0.5, 0.6) is 0 Å². The number of amides is 1. The highest BCUT2D eigenvalue weighted by molar-refractivity contribution is 6.02. The van der Waals surface area contributed by atoms with Crippen molar-refractivity contribution < 1.29 is 14.0 Å². The van der Waals surface area contributed by atoms with Gasteiger partial charge in [0.1, 0.15) is 5.82 Å². The van der Waals surface area contributed by atoms with Crippen LogP contribution in [-0.2, 0) is 16.2 Å². The molecule has 2 aromatic carbocycles. The molecule has 142 valence electrons. The van der Waals surface area contributed by atoms with Gasteiger partial charge < -0.3 is 9.74 Å². The average Bonchev–Trinajstić information content (AvgIpc) is 3.09. The Bertz CT molecular complexity index is 848. The molecule has 1 unspecified atom stereocenters. The van der Waals surface area contributed by atoms with Crippen molar-refractivity contribution in [2.75, 3.05) is 6.54 Å². The van der Waals surface area contributed by atoms with Crippen molar-refractivity contribution in [1.82, 2.24) is 4.90 Å². The molecule has 1 amide bonds. The van der Waals surface area contributed by atoms with Crippen molar-refractivity contribution >= 4 is 11.6 Å². The van der Waals surface area contributed by atoms with Gasteiger partial charge in [0.15, 0.2) is 6.10 Å². The highest BCUT2D eigenvalue weighted by Crippen LogP contribution is 2.21. The average molecular weight is 368 g/mol. The van der Waals surface area contributed by atoms with E-state index < -0.39 is 0 Å². The van der Waals surface area contributed by atoms with Crippen LogP contribution in [0.1, 0.15) is 37.0 Å². The first-order chi connectivity index (χ1) is 12.9. The molecule has 5 heteroatoms. The smallest absolute Gasteiger partial charge is 0.225 e. The van der Waals surface area contributed by atoms with E-state index in [2.05, 4.69) is 5.16 Å². The Hall–Kier alpha value is -2.69. The van der Waals surface area contributed by atoms with E-state index in [1.165, 1.54) is 12.1 Å². The first-order valence-electron chi connectivity index (χ1n) is 9.26. The van der Waals surface area contributed by atoms with Crippen LogP contribution in [0.2, 0.25) is 0 Å². The predicted octanol–water partition coefficient (Wildman–Crippen LogP) is 4.31. The molecule has 0 N–H and O–H groups in total. The molecule has 0 spiro atoms.